The van der Waals surface area contributed by atoms with Crippen LogP contribution in [-0.2, 0) is 0 Å². The minimum atomic E-state index is -0.187. The summed E-state index contributed by atoms with van der Waals surface area (Å²) in [5.74, 6) is -0.0979. The van der Waals surface area contributed by atoms with E-state index in [1.54, 1.807) is 23.5 Å². The fourth-order valence-electron chi connectivity index (χ4n) is 1.81. The quantitative estimate of drug-likeness (QED) is 0.694. The van der Waals surface area contributed by atoms with E-state index in [0.717, 1.165) is 15.0 Å². The molecule has 3 rings (SSSR count). The molecule has 19 heavy (non-hydrogen) atoms. The Bertz CT molecular complexity index is 729. The smallest absolute Gasteiger partial charge is 0.265 e. The lowest BCUT2D eigenvalue weighted by Crippen LogP contribution is -2.10. The summed E-state index contributed by atoms with van der Waals surface area (Å²) >= 11 is 3.08. The van der Waals surface area contributed by atoms with Gasteiger partial charge in [-0.2, -0.15) is 0 Å². The summed E-state index contributed by atoms with van der Waals surface area (Å²) in [4.78, 5) is 12.8. The second-order valence-corrected chi connectivity index (χ2v) is 6.27. The predicted octanol–water partition coefficient (Wildman–Crippen LogP) is 4.23. The van der Waals surface area contributed by atoms with Crippen molar-refractivity contribution in [3.8, 4) is 5.75 Å². The van der Waals surface area contributed by atoms with Gasteiger partial charge in [-0.05, 0) is 42.1 Å². The molecule has 0 fully saturated rings. The molecule has 1 amide bonds. The first-order chi connectivity index (χ1) is 9.13. The van der Waals surface area contributed by atoms with Gasteiger partial charge in [-0.15, -0.1) is 22.7 Å². The van der Waals surface area contributed by atoms with E-state index in [2.05, 4.69) is 5.32 Å². The zero-order valence-corrected chi connectivity index (χ0v) is 11.8. The molecule has 0 aliphatic rings. The van der Waals surface area contributed by atoms with Gasteiger partial charge < -0.3 is 10.4 Å². The average Bonchev–Trinajstić information content (AvgIpc) is 2.93. The number of aromatic hydroxyl groups is 1. The van der Waals surface area contributed by atoms with Gasteiger partial charge in [0.25, 0.3) is 5.91 Å². The van der Waals surface area contributed by atoms with Crippen LogP contribution in [0.4, 0.5) is 5.69 Å². The van der Waals surface area contributed by atoms with E-state index in [1.807, 2.05) is 30.5 Å². The van der Waals surface area contributed by atoms with Gasteiger partial charge in [0.15, 0.2) is 0 Å². The topological polar surface area (TPSA) is 49.3 Å². The molecule has 0 saturated heterocycles. The van der Waals surface area contributed by atoms with Gasteiger partial charge in [-0.3, -0.25) is 4.79 Å². The minimum Gasteiger partial charge on any atom is -0.506 e. The maximum atomic E-state index is 12.1. The molecule has 2 N–H and O–H groups in total. The Morgan fingerprint density at radius 2 is 2.05 bits per heavy atom. The number of carbonyl (C=O) groups is 1. The summed E-state index contributed by atoms with van der Waals surface area (Å²) in [6.45, 7) is 1.89. The van der Waals surface area contributed by atoms with Crippen LogP contribution in [0.3, 0.4) is 0 Å². The first kappa shape index (κ1) is 12.2. The van der Waals surface area contributed by atoms with Gasteiger partial charge in [-0.25, -0.2) is 0 Å². The number of carbonyl (C=O) groups excluding carboxylic acids is 1. The standard InChI is InChI=1S/C14H11NO2S2/c1-8-2-3-9(10(16)6-8)15-14(17)13-7-12-11(19-13)4-5-18-12/h2-7,16H,1H3,(H,15,17). The maximum Gasteiger partial charge on any atom is 0.265 e. The largest absolute Gasteiger partial charge is 0.506 e. The molecule has 1 aromatic carbocycles. The Kier molecular flexibility index (Phi) is 3.00. The molecule has 0 atom stereocenters. The summed E-state index contributed by atoms with van der Waals surface area (Å²) in [7, 11) is 0. The number of amides is 1. The molecule has 0 bridgehead atoms. The van der Waals surface area contributed by atoms with Gasteiger partial charge in [0.1, 0.15) is 5.75 Å². The summed E-state index contributed by atoms with van der Waals surface area (Å²) in [6, 6.07) is 9.07. The normalized spacial score (nSPS) is 10.8. The van der Waals surface area contributed by atoms with E-state index in [-0.39, 0.29) is 11.7 Å². The lowest BCUT2D eigenvalue weighted by molar-refractivity contribution is 0.103. The van der Waals surface area contributed by atoms with Crippen molar-refractivity contribution >= 4 is 43.7 Å². The molecule has 0 spiro atoms. The van der Waals surface area contributed by atoms with E-state index in [9.17, 15) is 9.90 Å². The second-order valence-electron chi connectivity index (χ2n) is 4.23. The van der Waals surface area contributed by atoms with E-state index in [0.29, 0.717) is 10.6 Å². The monoisotopic (exact) mass is 289 g/mol. The van der Waals surface area contributed by atoms with E-state index in [1.165, 1.54) is 11.3 Å². The SMILES string of the molecule is Cc1ccc(NC(=O)c2cc3sccc3s2)c(O)c1. The summed E-state index contributed by atoms with van der Waals surface area (Å²) < 4.78 is 2.23. The van der Waals surface area contributed by atoms with Gasteiger partial charge in [0.05, 0.1) is 10.6 Å². The van der Waals surface area contributed by atoms with Gasteiger partial charge >= 0.3 is 0 Å². The molecule has 3 nitrogen and oxygen atoms in total. The number of fused-ring (bicyclic) bond motifs is 1. The number of rotatable bonds is 2. The Labute approximate surface area is 118 Å². The van der Waals surface area contributed by atoms with E-state index in [4.69, 9.17) is 0 Å². The third kappa shape index (κ3) is 2.34. The summed E-state index contributed by atoms with van der Waals surface area (Å²) in [6.07, 6.45) is 0. The van der Waals surface area contributed by atoms with Gasteiger partial charge in [-0.1, -0.05) is 6.07 Å². The lowest BCUT2D eigenvalue weighted by atomic mass is 10.2. The summed E-state index contributed by atoms with van der Waals surface area (Å²) in [5, 5.41) is 14.5. The molecular formula is C14H11NO2S2. The highest BCUT2D eigenvalue weighted by molar-refractivity contribution is 7.27. The zero-order chi connectivity index (χ0) is 13.4. The molecule has 0 aliphatic carbocycles. The van der Waals surface area contributed by atoms with Crippen molar-refractivity contribution in [1.82, 2.24) is 0 Å². The van der Waals surface area contributed by atoms with Crippen LogP contribution in [0.25, 0.3) is 9.40 Å². The third-order valence-corrected chi connectivity index (χ3v) is 4.86. The molecular weight excluding hydrogens is 278 g/mol. The molecule has 0 saturated carbocycles. The predicted molar refractivity (Wildman–Crippen MR) is 80.5 cm³/mol. The molecule has 0 radical (unpaired) electrons. The van der Waals surface area contributed by atoms with Gasteiger partial charge in [0.2, 0.25) is 0 Å². The second kappa shape index (κ2) is 4.68. The Hall–Kier alpha value is -1.85. The fraction of sp³-hybridized carbons (Fsp3) is 0.0714. The molecule has 96 valence electrons. The molecule has 2 aromatic heterocycles. The Morgan fingerprint density at radius 3 is 2.79 bits per heavy atom. The van der Waals surface area contributed by atoms with Gasteiger partial charge in [0, 0.05) is 9.40 Å². The van der Waals surface area contributed by atoms with Crippen molar-refractivity contribution < 1.29 is 9.90 Å². The maximum absolute atomic E-state index is 12.1. The van der Waals surface area contributed by atoms with Crippen molar-refractivity contribution in [3.63, 3.8) is 0 Å². The van der Waals surface area contributed by atoms with E-state index < -0.39 is 0 Å². The number of hydrogen-bond acceptors (Lipinski definition) is 4. The number of hydrogen-bond donors (Lipinski definition) is 2. The highest BCUT2D eigenvalue weighted by Gasteiger charge is 2.12. The van der Waals surface area contributed by atoms with Crippen LogP contribution in [0.5, 0.6) is 5.75 Å². The van der Waals surface area contributed by atoms with Crippen molar-refractivity contribution in [3.05, 3.63) is 46.2 Å². The number of anilines is 1. The minimum absolute atomic E-state index is 0.0896. The highest BCUT2D eigenvalue weighted by Crippen LogP contribution is 2.31. The van der Waals surface area contributed by atoms with Crippen LogP contribution in [-0.4, -0.2) is 11.0 Å². The fourth-order valence-corrected chi connectivity index (χ4v) is 3.81. The van der Waals surface area contributed by atoms with Crippen LogP contribution in [0.1, 0.15) is 15.2 Å². The lowest BCUT2D eigenvalue weighted by Gasteiger charge is -2.06. The highest BCUT2D eigenvalue weighted by atomic mass is 32.1. The number of phenolic OH excluding ortho intramolecular Hbond substituents is 1. The zero-order valence-electron chi connectivity index (χ0n) is 10.1. The van der Waals surface area contributed by atoms with Crippen molar-refractivity contribution in [2.75, 3.05) is 5.32 Å². The van der Waals surface area contributed by atoms with Crippen LogP contribution >= 0.6 is 22.7 Å². The molecule has 0 aliphatic heterocycles. The number of benzene rings is 1. The first-order valence-corrected chi connectivity index (χ1v) is 7.41. The summed E-state index contributed by atoms with van der Waals surface area (Å²) in [5.41, 5.74) is 1.39. The van der Waals surface area contributed by atoms with Crippen LogP contribution in [0, 0.1) is 6.92 Å². The van der Waals surface area contributed by atoms with Crippen LogP contribution in [0.2, 0.25) is 0 Å². The first-order valence-electron chi connectivity index (χ1n) is 5.71. The number of aryl methyl sites for hydroxylation is 1. The molecule has 3 aromatic rings. The van der Waals surface area contributed by atoms with Crippen molar-refractivity contribution in [2.24, 2.45) is 0 Å². The average molecular weight is 289 g/mol. The molecule has 0 unspecified atom stereocenters. The van der Waals surface area contributed by atoms with E-state index >= 15 is 0 Å². The number of nitrogens with one attached hydrogen (secondary N) is 1. The molecule has 5 heteroatoms. The van der Waals surface area contributed by atoms with Crippen molar-refractivity contribution in [1.29, 1.82) is 0 Å². The molecule has 2 heterocycles. The number of phenols is 1. The number of thiophene rings is 2. The van der Waals surface area contributed by atoms with Crippen LogP contribution in [0.15, 0.2) is 35.7 Å². The Morgan fingerprint density at radius 1 is 1.21 bits per heavy atom. The van der Waals surface area contributed by atoms with Crippen molar-refractivity contribution in [2.45, 2.75) is 6.92 Å². The Balaban J connectivity index is 1.86. The third-order valence-electron chi connectivity index (χ3n) is 2.76. The van der Waals surface area contributed by atoms with Crippen LogP contribution < -0.4 is 5.32 Å².